The molecule has 0 amide bonds. The minimum absolute atomic E-state index is 0.309. The fourth-order valence-electron chi connectivity index (χ4n) is 1.58. The summed E-state index contributed by atoms with van der Waals surface area (Å²) in [6.45, 7) is 2.22. The first-order valence-electron chi connectivity index (χ1n) is 5.47. The lowest BCUT2D eigenvalue weighted by molar-refractivity contribution is 0.557. The van der Waals surface area contributed by atoms with Gasteiger partial charge in [0.25, 0.3) is 0 Å². The Morgan fingerprint density at radius 2 is 2.00 bits per heavy atom. The normalized spacial score (nSPS) is 12.7. The summed E-state index contributed by atoms with van der Waals surface area (Å²) in [5.41, 5.74) is 7.32. The number of nitrogens with two attached hydrogens (primary N) is 1. The van der Waals surface area contributed by atoms with Gasteiger partial charge in [-0.15, -0.1) is 0 Å². The Morgan fingerprint density at radius 3 is 2.64 bits per heavy atom. The lowest BCUT2D eigenvalue weighted by atomic mass is 10.0. The second-order valence-corrected chi connectivity index (χ2v) is 3.82. The first-order valence-corrected chi connectivity index (χ1v) is 5.47. The SMILES string of the molecule is CCCCCC(N)Cc1ccncc1. The average Bonchev–Trinajstić information content (AvgIpc) is 2.20. The molecule has 0 aliphatic rings. The summed E-state index contributed by atoms with van der Waals surface area (Å²) in [7, 11) is 0. The van der Waals surface area contributed by atoms with E-state index in [0.717, 1.165) is 12.8 Å². The summed E-state index contributed by atoms with van der Waals surface area (Å²) in [5, 5.41) is 0. The van der Waals surface area contributed by atoms with Crippen molar-refractivity contribution in [2.75, 3.05) is 0 Å². The monoisotopic (exact) mass is 192 g/mol. The molecule has 0 saturated heterocycles. The van der Waals surface area contributed by atoms with Gasteiger partial charge in [-0.1, -0.05) is 26.2 Å². The third kappa shape index (κ3) is 4.38. The zero-order valence-electron chi connectivity index (χ0n) is 8.95. The van der Waals surface area contributed by atoms with Crippen molar-refractivity contribution in [1.29, 1.82) is 0 Å². The minimum Gasteiger partial charge on any atom is -0.327 e. The Balaban J connectivity index is 2.23. The van der Waals surface area contributed by atoms with E-state index in [1.807, 2.05) is 24.5 Å². The van der Waals surface area contributed by atoms with Gasteiger partial charge in [0.15, 0.2) is 0 Å². The average molecular weight is 192 g/mol. The van der Waals surface area contributed by atoms with E-state index in [1.54, 1.807) is 0 Å². The van der Waals surface area contributed by atoms with Gasteiger partial charge in [-0.2, -0.15) is 0 Å². The summed E-state index contributed by atoms with van der Waals surface area (Å²) in [4.78, 5) is 3.99. The predicted molar refractivity (Wildman–Crippen MR) is 60.1 cm³/mol. The second-order valence-electron chi connectivity index (χ2n) is 3.82. The summed E-state index contributed by atoms with van der Waals surface area (Å²) >= 11 is 0. The van der Waals surface area contributed by atoms with Crippen LogP contribution in [0.25, 0.3) is 0 Å². The maximum absolute atomic E-state index is 6.03. The third-order valence-corrected chi connectivity index (χ3v) is 2.43. The standard InChI is InChI=1S/C12H20N2/c1-2-3-4-5-12(13)10-11-6-8-14-9-7-11/h6-9,12H,2-5,10,13H2,1H3. The van der Waals surface area contributed by atoms with Crippen molar-refractivity contribution in [2.24, 2.45) is 5.73 Å². The van der Waals surface area contributed by atoms with Crippen molar-refractivity contribution < 1.29 is 0 Å². The van der Waals surface area contributed by atoms with Crippen LogP contribution in [0.4, 0.5) is 0 Å². The van der Waals surface area contributed by atoms with Crippen LogP contribution >= 0.6 is 0 Å². The maximum Gasteiger partial charge on any atom is 0.0270 e. The van der Waals surface area contributed by atoms with Gasteiger partial charge in [-0.05, 0) is 30.5 Å². The summed E-state index contributed by atoms with van der Waals surface area (Å²) in [5.74, 6) is 0. The molecule has 0 spiro atoms. The van der Waals surface area contributed by atoms with E-state index in [1.165, 1.54) is 24.8 Å². The molecule has 1 aromatic rings. The van der Waals surface area contributed by atoms with Crippen LogP contribution in [0.3, 0.4) is 0 Å². The molecule has 0 radical (unpaired) electrons. The van der Waals surface area contributed by atoms with Gasteiger partial charge in [0.2, 0.25) is 0 Å². The number of aromatic nitrogens is 1. The van der Waals surface area contributed by atoms with Gasteiger partial charge in [0, 0.05) is 18.4 Å². The molecule has 1 heterocycles. The lowest BCUT2D eigenvalue weighted by Crippen LogP contribution is -2.22. The molecule has 0 aromatic carbocycles. The molecular formula is C12H20N2. The minimum atomic E-state index is 0.309. The number of hydrogen-bond acceptors (Lipinski definition) is 2. The Hall–Kier alpha value is -0.890. The van der Waals surface area contributed by atoms with Gasteiger partial charge < -0.3 is 5.73 Å². The Bertz CT molecular complexity index is 233. The van der Waals surface area contributed by atoms with Gasteiger partial charge >= 0.3 is 0 Å². The lowest BCUT2D eigenvalue weighted by Gasteiger charge is -2.10. The van der Waals surface area contributed by atoms with Crippen LogP contribution < -0.4 is 5.73 Å². The smallest absolute Gasteiger partial charge is 0.0270 e. The maximum atomic E-state index is 6.03. The van der Waals surface area contributed by atoms with Gasteiger partial charge in [-0.25, -0.2) is 0 Å². The van der Waals surface area contributed by atoms with Crippen molar-refractivity contribution in [3.05, 3.63) is 30.1 Å². The van der Waals surface area contributed by atoms with Crippen molar-refractivity contribution in [3.63, 3.8) is 0 Å². The van der Waals surface area contributed by atoms with Gasteiger partial charge in [0.1, 0.15) is 0 Å². The van der Waals surface area contributed by atoms with Gasteiger partial charge in [0.05, 0.1) is 0 Å². The molecule has 1 unspecified atom stereocenters. The molecule has 1 aromatic heterocycles. The van der Waals surface area contributed by atoms with Crippen LogP contribution in [0.1, 0.15) is 38.2 Å². The second kappa shape index (κ2) is 6.55. The quantitative estimate of drug-likeness (QED) is 0.703. The Morgan fingerprint density at radius 1 is 1.29 bits per heavy atom. The first-order chi connectivity index (χ1) is 6.83. The van der Waals surface area contributed by atoms with Crippen LogP contribution in [0, 0.1) is 0 Å². The van der Waals surface area contributed by atoms with Crippen LogP contribution in [0.15, 0.2) is 24.5 Å². The molecule has 0 aliphatic heterocycles. The van der Waals surface area contributed by atoms with E-state index in [2.05, 4.69) is 11.9 Å². The van der Waals surface area contributed by atoms with Crippen molar-refractivity contribution in [3.8, 4) is 0 Å². The van der Waals surface area contributed by atoms with Crippen molar-refractivity contribution in [2.45, 2.75) is 45.1 Å². The van der Waals surface area contributed by atoms with E-state index in [9.17, 15) is 0 Å². The number of rotatable bonds is 6. The van der Waals surface area contributed by atoms with E-state index in [4.69, 9.17) is 5.73 Å². The fourth-order valence-corrected chi connectivity index (χ4v) is 1.58. The van der Waals surface area contributed by atoms with E-state index in [-0.39, 0.29) is 0 Å². The van der Waals surface area contributed by atoms with E-state index < -0.39 is 0 Å². The summed E-state index contributed by atoms with van der Waals surface area (Å²) in [6.07, 6.45) is 9.58. The number of nitrogens with zero attached hydrogens (tertiary/aromatic N) is 1. The number of unbranched alkanes of at least 4 members (excludes halogenated alkanes) is 2. The number of pyridine rings is 1. The molecule has 2 N–H and O–H groups in total. The first kappa shape index (κ1) is 11.2. The molecule has 2 heteroatoms. The molecule has 78 valence electrons. The van der Waals surface area contributed by atoms with Crippen molar-refractivity contribution in [1.82, 2.24) is 4.98 Å². The molecule has 2 nitrogen and oxygen atoms in total. The molecule has 1 rings (SSSR count). The van der Waals surface area contributed by atoms with E-state index >= 15 is 0 Å². The molecule has 0 fully saturated rings. The highest BCUT2D eigenvalue weighted by atomic mass is 14.6. The fraction of sp³-hybridized carbons (Fsp3) is 0.583. The topological polar surface area (TPSA) is 38.9 Å². The Labute approximate surface area is 86.5 Å². The largest absolute Gasteiger partial charge is 0.327 e. The third-order valence-electron chi connectivity index (χ3n) is 2.43. The van der Waals surface area contributed by atoms with Crippen LogP contribution in [0.2, 0.25) is 0 Å². The molecule has 0 aliphatic carbocycles. The summed E-state index contributed by atoms with van der Waals surface area (Å²) in [6, 6.07) is 4.39. The highest BCUT2D eigenvalue weighted by Gasteiger charge is 2.02. The zero-order chi connectivity index (χ0) is 10.2. The molecule has 1 atom stereocenters. The molecule has 0 bridgehead atoms. The highest BCUT2D eigenvalue weighted by Crippen LogP contribution is 2.07. The molecule has 0 saturated carbocycles. The predicted octanol–water partition coefficient (Wildman–Crippen LogP) is 2.53. The van der Waals surface area contributed by atoms with Crippen LogP contribution in [0.5, 0.6) is 0 Å². The molecular weight excluding hydrogens is 172 g/mol. The Kier molecular flexibility index (Phi) is 5.23. The number of hydrogen-bond donors (Lipinski definition) is 1. The zero-order valence-corrected chi connectivity index (χ0v) is 8.95. The van der Waals surface area contributed by atoms with E-state index in [0.29, 0.717) is 6.04 Å². The van der Waals surface area contributed by atoms with Crippen LogP contribution in [-0.4, -0.2) is 11.0 Å². The molecule has 14 heavy (non-hydrogen) atoms. The van der Waals surface area contributed by atoms with Crippen molar-refractivity contribution >= 4 is 0 Å². The highest BCUT2D eigenvalue weighted by molar-refractivity contribution is 5.10. The van der Waals surface area contributed by atoms with Gasteiger partial charge in [-0.3, -0.25) is 4.98 Å². The van der Waals surface area contributed by atoms with Crippen LogP contribution in [-0.2, 0) is 6.42 Å². The summed E-state index contributed by atoms with van der Waals surface area (Å²) < 4.78 is 0.